The van der Waals surface area contributed by atoms with Gasteiger partial charge in [-0.2, -0.15) is 0 Å². The van der Waals surface area contributed by atoms with Crippen molar-refractivity contribution in [1.29, 1.82) is 0 Å². The second-order valence-corrected chi connectivity index (χ2v) is 21.5. The molecule has 8 rings (SSSR count). The highest BCUT2D eigenvalue weighted by atomic mass is 16.6. The molecule has 2 aromatic heterocycles. The highest BCUT2D eigenvalue weighted by Gasteiger charge is 2.37. The molecule has 2 aliphatic heterocycles. The lowest BCUT2D eigenvalue weighted by atomic mass is 9.80. The van der Waals surface area contributed by atoms with Crippen molar-refractivity contribution in [1.82, 2.24) is 30.0 Å². The molecule has 4 aromatic rings. The smallest absolute Gasteiger partial charge is 0.410 e. The Kier molecular flexibility index (Phi) is 17.2. The van der Waals surface area contributed by atoms with Crippen LogP contribution in [0.3, 0.4) is 0 Å². The Hall–Kier alpha value is -5.04. The number of nitrogens with one attached hydrogen (secondary N) is 3. The van der Waals surface area contributed by atoms with Gasteiger partial charge in [0.05, 0.1) is 12.0 Å². The standard InChI is InChI=1S/C27H39N3O3.C14H25NO4.C13H16N2/c1-6-23-24-21(20-9-7-8-10-22(20)28-24)15-16-30(23)25(31)19-13-11-18(12-14-19)17-29(5)26(32)33-27(2,3)4;1-14(2,3)19-13(18)15(4)9-10-5-7-11(8-6-10)12(16)17;1-2-11-13-10(7-8-14-11)9-5-3-4-6-12(9)15-13/h7-10,18-19,23,28H,6,11-17H2,1-5H3;10-11H,5-9H2,1-4H3,(H,16,17);3-6,11,14-15H,2,7-8H2,1H3. The van der Waals surface area contributed by atoms with E-state index >= 15 is 0 Å². The van der Waals surface area contributed by atoms with Gasteiger partial charge in [-0.15, -0.1) is 0 Å². The molecule has 0 saturated heterocycles. The maximum Gasteiger partial charge on any atom is 0.410 e. The van der Waals surface area contributed by atoms with Crippen LogP contribution in [0, 0.1) is 23.7 Å². The number of hydrogen-bond acceptors (Lipinski definition) is 7. The Morgan fingerprint density at radius 3 is 1.58 bits per heavy atom. The fraction of sp³-hybridized carbons (Fsp3) is 0.630. The molecule has 0 spiro atoms. The summed E-state index contributed by atoms with van der Waals surface area (Å²) in [4.78, 5) is 61.1. The summed E-state index contributed by atoms with van der Waals surface area (Å²) in [5.74, 6) is 0.309. The number of aromatic amines is 2. The number of H-pyrrole nitrogens is 2. The normalized spacial score (nSPS) is 22.8. The van der Waals surface area contributed by atoms with Crippen LogP contribution in [0.15, 0.2) is 48.5 Å². The number of rotatable bonds is 8. The molecule has 2 fully saturated rings. The van der Waals surface area contributed by atoms with E-state index in [9.17, 15) is 19.2 Å². The minimum absolute atomic E-state index is 0.0908. The molecule has 2 aliphatic carbocycles. The molecule has 0 radical (unpaired) electrons. The molecule has 2 saturated carbocycles. The number of ether oxygens (including phenoxy) is 2. The van der Waals surface area contributed by atoms with Crippen molar-refractivity contribution in [3.63, 3.8) is 0 Å². The number of hydrogen-bond donors (Lipinski definition) is 4. The number of carbonyl (C=O) groups excluding carboxylic acids is 3. The van der Waals surface area contributed by atoms with Gasteiger partial charge in [-0.05, 0) is 160 Å². The summed E-state index contributed by atoms with van der Waals surface area (Å²) in [6, 6.07) is 17.7. The van der Waals surface area contributed by atoms with Gasteiger partial charge >= 0.3 is 18.2 Å². The quantitative estimate of drug-likeness (QED) is 0.136. The topological polar surface area (TPSA) is 160 Å². The number of aromatic nitrogens is 2. The van der Waals surface area contributed by atoms with Gasteiger partial charge in [-0.25, -0.2) is 9.59 Å². The van der Waals surface area contributed by atoms with E-state index in [1.54, 1.807) is 16.8 Å². The van der Waals surface area contributed by atoms with Crippen LogP contribution in [-0.2, 0) is 31.9 Å². The Bertz CT molecular complexity index is 2290. The first kappa shape index (κ1) is 51.4. The molecule has 13 heteroatoms. The summed E-state index contributed by atoms with van der Waals surface area (Å²) >= 11 is 0. The minimum Gasteiger partial charge on any atom is -0.481 e. The van der Waals surface area contributed by atoms with Gasteiger partial charge in [0, 0.05) is 78.9 Å². The van der Waals surface area contributed by atoms with Gasteiger partial charge in [0.1, 0.15) is 11.2 Å². The predicted octanol–water partition coefficient (Wildman–Crippen LogP) is 11.2. The van der Waals surface area contributed by atoms with Crippen molar-refractivity contribution >= 4 is 45.9 Å². The second-order valence-electron chi connectivity index (χ2n) is 21.5. The molecule has 4 aliphatic rings. The monoisotopic (exact) mass is 925 g/mol. The molecule has 3 amide bonds. The highest BCUT2D eigenvalue weighted by molar-refractivity contribution is 5.87. The number of benzene rings is 2. The zero-order valence-electron chi connectivity index (χ0n) is 42.1. The number of nitrogens with zero attached hydrogens (tertiary/aromatic N) is 3. The number of amides is 3. The largest absolute Gasteiger partial charge is 0.481 e. The predicted molar refractivity (Wildman–Crippen MR) is 266 cm³/mol. The number of aliphatic carboxylic acids is 1. The zero-order chi connectivity index (χ0) is 48.6. The van der Waals surface area contributed by atoms with E-state index in [1.165, 1.54) is 44.3 Å². The third kappa shape index (κ3) is 13.4. The molecular weight excluding hydrogens is 845 g/mol. The summed E-state index contributed by atoms with van der Waals surface area (Å²) in [5.41, 5.74) is 7.04. The van der Waals surface area contributed by atoms with Crippen LogP contribution >= 0.6 is 0 Å². The molecule has 13 nitrogen and oxygen atoms in total. The van der Waals surface area contributed by atoms with Gasteiger partial charge in [-0.3, -0.25) is 9.59 Å². The van der Waals surface area contributed by atoms with Crippen LogP contribution in [0.4, 0.5) is 9.59 Å². The van der Waals surface area contributed by atoms with E-state index < -0.39 is 17.2 Å². The maximum atomic E-state index is 13.6. The van der Waals surface area contributed by atoms with Crippen LogP contribution in [0.2, 0.25) is 0 Å². The van der Waals surface area contributed by atoms with E-state index in [-0.39, 0.29) is 30.1 Å². The Labute approximate surface area is 399 Å². The summed E-state index contributed by atoms with van der Waals surface area (Å²) < 4.78 is 10.8. The van der Waals surface area contributed by atoms with Gasteiger partial charge in [0.2, 0.25) is 5.91 Å². The third-order valence-corrected chi connectivity index (χ3v) is 14.1. The number of carboxylic acid groups (broad SMARTS) is 1. The number of carbonyl (C=O) groups is 4. The molecule has 2 aromatic carbocycles. The van der Waals surface area contributed by atoms with Crippen molar-refractivity contribution in [2.75, 3.05) is 40.3 Å². The van der Waals surface area contributed by atoms with Crippen LogP contribution < -0.4 is 5.32 Å². The van der Waals surface area contributed by atoms with E-state index in [0.29, 0.717) is 49.7 Å². The lowest BCUT2D eigenvalue weighted by molar-refractivity contribution is -0.143. The first-order valence-corrected chi connectivity index (χ1v) is 25.1. The molecule has 368 valence electrons. The summed E-state index contributed by atoms with van der Waals surface area (Å²) in [6.45, 7) is 18.8. The van der Waals surface area contributed by atoms with Gasteiger partial charge < -0.3 is 44.6 Å². The fourth-order valence-electron chi connectivity index (χ4n) is 10.6. The summed E-state index contributed by atoms with van der Waals surface area (Å²) in [7, 11) is 3.54. The molecule has 2 unspecified atom stereocenters. The molecule has 4 heterocycles. The van der Waals surface area contributed by atoms with Crippen LogP contribution in [0.1, 0.15) is 154 Å². The summed E-state index contributed by atoms with van der Waals surface area (Å²) in [5, 5.41) is 15.2. The van der Waals surface area contributed by atoms with Crippen LogP contribution in [0.5, 0.6) is 0 Å². The zero-order valence-corrected chi connectivity index (χ0v) is 42.1. The highest BCUT2D eigenvalue weighted by Crippen LogP contribution is 2.39. The van der Waals surface area contributed by atoms with Gasteiger partial charge in [0.15, 0.2) is 0 Å². The average Bonchev–Trinajstić information content (AvgIpc) is 3.87. The second kappa shape index (κ2) is 22.4. The number of para-hydroxylation sites is 2. The molecule has 67 heavy (non-hydrogen) atoms. The maximum absolute atomic E-state index is 13.6. The van der Waals surface area contributed by atoms with Crippen molar-refractivity contribution in [2.45, 2.75) is 156 Å². The Morgan fingerprint density at radius 1 is 0.657 bits per heavy atom. The number of carboxylic acids is 1. The molecular formula is C54H80N6O7. The van der Waals surface area contributed by atoms with E-state index in [2.05, 4.69) is 82.6 Å². The van der Waals surface area contributed by atoms with Crippen LogP contribution in [-0.4, -0.2) is 105 Å². The molecule has 2 atom stereocenters. The van der Waals surface area contributed by atoms with E-state index in [0.717, 1.165) is 77.3 Å². The van der Waals surface area contributed by atoms with Crippen molar-refractivity contribution in [2.24, 2.45) is 23.7 Å². The van der Waals surface area contributed by atoms with E-state index in [1.807, 2.05) is 48.6 Å². The lowest BCUT2D eigenvalue weighted by Crippen LogP contribution is -2.44. The Balaban J connectivity index is 0.000000183. The third-order valence-electron chi connectivity index (χ3n) is 14.1. The molecule has 4 N–H and O–H groups in total. The van der Waals surface area contributed by atoms with Crippen LogP contribution in [0.25, 0.3) is 21.8 Å². The molecule has 0 bridgehead atoms. The summed E-state index contributed by atoms with van der Waals surface area (Å²) in [6.07, 6.45) is 10.5. The fourth-order valence-corrected chi connectivity index (χ4v) is 10.6. The lowest BCUT2D eigenvalue weighted by Gasteiger charge is -2.39. The number of fused-ring (bicyclic) bond motifs is 6. The van der Waals surface area contributed by atoms with Crippen molar-refractivity contribution < 1.29 is 33.8 Å². The van der Waals surface area contributed by atoms with Gasteiger partial charge in [-0.1, -0.05) is 50.2 Å². The van der Waals surface area contributed by atoms with Crippen molar-refractivity contribution in [3.8, 4) is 0 Å². The van der Waals surface area contributed by atoms with Gasteiger partial charge in [0.25, 0.3) is 0 Å². The minimum atomic E-state index is -0.695. The first-order chi connectivity index (χ1) is 31.8. The van der Waals surface area contributed by atoms with Crippen molar-refractivity contribution in [3.05, 3.63) is 71.0 Å². The average molecular weight is 925 g/mol. The van der Waals surface area contributed by atoms with E-state index in [4.69, 9.17) is 14.6 Å². The Morgan fingerprint density at radius 2 is 1.12 bits per heavy atom. The first-order valence-electron chi connectivity index (χ1n) is 25.1. The SMILES string of the molecule is CCC1NCCc2c1[nH]c1ccccc21.CCC1c2[nH]c3ccccc3c2CCN1C(=O)C1CCC(CN(C)C(=O)OC(C)(C)C)CC1.CN(CC1CCC(C(=O)O)CC1)C(=O)OC(C)(C)C.